The zero-order valence-corrected chi connectivity index (χ0v) is 11.2. The van der Waals surface area contributed by atoms with E-state index in [9.17, 15) is 4.79 Å². The van der Waals surface area contributed by atoms with E-state index in [1.165, 1.54) is 0 Å². The molecule has 0 aliphatic carbocycles. The number of carbonyl (C=O) groups excluding carboxylic acids is 1. The van der Waals surface area contributed by atoms with E-state index >= 15 is 0 Å². The van der Waals surface area contributed by atoms with Gasteiger partial charge in [-0.15, -0.1) is 0 Å². The van der Waals surface area contributed by atoms with Crippen LogP contribution in [0.2, 0.25) is 0 Å². The van der Waals surface area contributed by atoms with Gasteiger partial charge < -0.3 is 19.7 Å². The molecule has 0 saturated carbocycles. The van der Waals surface area contributed by atoms with E-state index in [1.54, 1.807) is 0 Å². The third-order valence-electron chi connectivity index (χ3n) is 3.51. The van der Waals surface area contributed by atoms with Gasteiger partial charge in [0.1, 0.15) is 0 Å². The van der Waals surface area contributed by atoms with Crippen LogP contribution in [-0.2, 0) is 14.3 Å². The fraction of sp³-hybridized carbons (Fsp3) is 0.923. The highest BCUT2D eigenvalue weighted by atomic mass is 16.6. The van der Waals surface area contributed by atoms with Crippen LogP contribution in [0.25, 0.3) is 0 Å². The van der Waals surface area contributed by atoms with Gasteiger partial charge in [0.15, 0.2) is 6.10 Å². The molecule has 0 bridgehead atoms. The van der Waals surface area contributed by atoms with E-state index < -0.39 is 0 Å². The molecule has 0 aromatic rings. The number of ether oxygens (including phenoxy) is 2. The molecule has 18 heavy (non-hydrogen) atoms. The van der Waals surface area contributed by atoms with E-state index in [0.717, 1.165) is 38.9 Å². The van der Waals surface area contributed by atoms with Crippen LogP contribution in [0.4, 0.5) is 0 Å². The predicted octanol–water partition coefficient (Wildman–Crippen LogP) is 0.392. The number of nitrogens with one attached hydrogen (secondary N) is 1. The summed E-state index contributed by atoms with van der Waals surface area (Å²) in [6.07, 6.45) is 2.97. The van der Waals surface area contributed by atoms with Crippen molar-refractivity contribution in [2.75, 3.05) is 39.5 Å². The highest BCUT2D eigenvalue weighted by Gasteiger charge is 2.30. The largest absolute Gasteiger partial charge is 0.376 e. The van der Waals surface area contributed by atoms with Gasteiger partial charge in [0, 0.05) is 19.1 Å². The molecule has 2 rings (SSSR count). The molecular weight excluding hydrogens is 232 g/mol. The lowest BCUT2D eigenvalue weighted by molar-refractivity contribution is -0.159. The van der Waals surface area contributed by atoms with Crippen LogP contribution in [-0.4, -0.2) is 62.4 Å². The van der Waals surface area contributed by atoms with Crippen LogP contribution >= 0.6 is 0 Å². The number of amides is 1. The normalized spacial score (nSPS) is 29.3. The number of carbonyl (C=O) groups is 1. The molecule has 5 nitrogen and oxygen atoms in total. The summed E-state index contributed by atoms with van der Waals surface area (Å²) in [5.41, 5.74) is 0. The summed E-state index contributed by atoms with van der Waals surface area (Å²) in [6.45, 7) is 6.37. The van der Waals surface area contributed by atoms with Crippen LogP contribution in [0.15, 0.2) is 0 Å². The van der Waals surface area contributed by atoms with Gasteiger partial charge in [-0.3, -0.25) is 4.79 Å². The van der Waals surface area contributed by atoms with Crippen molar-refractivity contribution in [1.82, 2.24) is 10.2 Å². The first kappa shape index (κ1) is 13.8. The Hall–Kier alpha value is -0.650. The zero-order valence-electron chi connectivity index (χ0n) is 11.2. The summed E-state index contributed by atoms with van der Waals surface area (Å²) in [6, 6.07) is 0.437. The molecule has 0 aromatic heterocycles. The second-order valence-corrected chi connectivity index (χ2v) is 5.01. The number of hydrogen-bond donors (Lipinski definition) is 1. The van der Waals surface area contributed by atoms with Crippen LogP contribution in [0.3, 0.4) is 0 Å². The van der Waals surface area contributed by atoms with Crippen molar-refractivity contribution in [3.8, 4) is 0 Å². The lowest BCUT2D eigenvalue weighted by Gasteiger charge is -2.36. The first-order valence-corrected chi connectivity index (χ1v) is 7.02. The maximum Gasteiger partial charge on any atom is 0.254 e. The summed E-state index contributed by atoms with van der Waals surface area (Å²) in [5, 5.41) is 3.49. The number of piperidine rings is 1. The summed E-state index contributed by atoms with van der Waals surface area (Å²) in [4.78, 5) is 14.2. The van der Waals surface area contributed by atoms with Crippen molar-refractivity contribution in [2.24, 2.45) is 0 Å². The van der Waals surface area contributed by atoms with Gasteiger partial charge >= 0.3 is 0 Å². The lowest BCUT2D eigenvalue weighted by atomic mass is 10.0. The van der Waals surface area contributed by atoms with Crippen molar-refractivity contribution >= 4 is 5.91 Å². The van der Waals surface area contributed by atoms with Crippen LogP contribution in [0, 0.1) is 0 Å². The smallest absolute Gasteiger partial charge is 0.254 e. The minimum absolute atomic E-state index is 0.0951. The minimum Gasteiger partial charge on any atom is -0.376 e. The quantitative estimate of drug-likeness (QED) is 0.790. The van der Waals surface area contributed by atoms with Crippen LogP contribution < -0.4 is 5.32 Å². The van der Waals surface area contributed by atoms with E-state index in [0.29, 0.717) is 25.9 Å². The summed E-state index contributed by atoms with van der Waals surface area (Å²) in [7, 11) is 0. The van der Waals surface area contributed by atoms with E-state index in [4.69, 9.17) is 9.47 Å². The van der Waals surface area contributed by atoms with Gasteiger partial charge in [-0.2, -0.15) is 0 Å². The number of rotatable bonds is 4. The Balaban J connectivity index is 1.81. The fourth-order valence-electron chi connectivity index (χ4n) is 2.53. The average molecular weight is 256 g/mol. The number of hydrogen-bond acceptors (Lipinski definition) is 4. The Morgan fingerprint density at radius 2 is 2.33 bits per heavy atom. The SMILES string of the molecule is CCCNC1CCCN(C(=O)C2COCCO2)C1. The molecule has 1 N–H and O–H groups in total. The highest BCUT2D eigenvalue weighted by molar-refractivity contribution is 5.81. The summed E-state index contributed by atoms with van der Waals surface area (Å²) >= 11 is 0. The van der Waals surface area contributed by atoms with Crippen molar-refractivity contribution < 1.29 is 14.3 Å². The molecule has 0 aromatic carbocycles. The molecule has 2 fully saturated rings. The Labute approximate surface area is 109 Å². The maximum atomic E-state index is 12.3. The molecule has 2 saturated heterocycles. The minimum atomic E-state index is -0.385. The summed E-state index contributed by atoms with van der Waals surface area (Å²) in [5.74, 6) is 0.0951. The summed E-state index contributed by atoms with van der Waals surface area (Å²) < 4.78 is 10.8. The predicted molar refractivity (Wildman–Crippen MR) is 68.5 cm³/mol. The molecule has 2 aliphatic rings. The third kappa shape index (κ3) is 3.67. The number of likely N-dealkylation sites (tertiary alicyclic amines) is 1. The second kappa shape index (κ2) is 7.07. The molecule has 1 amide bonds. The van der Waals surface area contributed by atoms with Crippen LogP contribution in [0.5, 0.6) is 0 Å². The highest BCUT2D eigenvalue weighted by Crippen LogP contribution is 2.13. The standard InChI is InChI=1S/C13H24N2O3/c1-2-5-14-11-4-3-6-15(9-11)13(16)12-10-17-7-8-18-12/h11-12,14H,2-10H2,1H3. The van der Waals surface area contributed by atoms with Crippen LogP contribution in [0.1, 0.15) is 26.2 Å². The molecule has 2 atom stereocenters. The molecule has 2 unspecified atom stereocenters. The van der Waals surface area contributed by atoms with Crippen molar-refractivity contribution in [1.29, 1.82) is 0 Å². The maximum absolute atomic E-state index is 12.3. The van der Waals surface area contributed by atoms with E-state index in [1.807, 2.05) is 4.90 Å². The Morgan fingerprint density at radius 1 is 1.44 bits per heavy atom. The fourth-order valence-corrected chi connectivity index (χ4v) is 2.53. The molecule has 5 heteroatoms. The van der Waals surface area contributed by atoms with Gasteiger partial charge in [-0.05, 0) is 25.8 Å². The third-order valence-corrected chi connectivity index (χ3v) is 3.51. The molecule has 0 radical (unpaired) electrons. The van der Waals surface area contributed by atoms with Gasteiger partial charge in [0.05, 0.1) is 19.8 Å². The lowest BCUT2D eigenvalue weighted by Crippen LogP contribution is -2.53. The molecule has 104 valence electrons. The van der Waals surface area contributed by atoms with Crippen molar-refractivity contribution in [3.05, 3.63) is 0 Å². The van der Waals surface area contributed by atoms with Crippen molar-refractivity contribution in [2.45, 2.75) is 38.3 Å². The molecule has 2 aliphatic heterocycles. The number of nitrogens with zero attached hydrogens (tertiary/aromatic N) is 1. The first-order valence-electron chi connectivity index (χ1n) is 7.02. The van der Waals surface area contributed by atoms with Gasteiger partial charge in [-0.25, -0.2) is 0 Å². The Bertz CT molecular complexity index is 267. The van der Waals surface area contributed by atoms with Crippen molar-refractivity contribution in [3.63, 3.8) is 0 Å². The second-order valence-electron chi connectivity index (χ2n) is 5.01. The first-order chi connectivity index (χ1) is 8.81. The van der Waals surface area contributed by atoms with E-state index in [2.05, 4.69) is 12.2 Å². The average Bonchev–Trinajstić information content (AvgIpc) is 2.45. The molecular formula is C13H24N2O3. The molecule has 0 spiro atoms. The Kier molecular flexibility index (Phi) is 5.41. The molecule has 2 heterocycles. The van der Waals surface area contributed by atoms with Gasteiger partial charge in [-0.1, -0.05) is 6.92 Å². The topological polar surface area (TPSA) is 50.8 Å². The monoisotopic (exact) mass is 256 g/mol. The van der Waals surface area contributed by atoms with Gasteiger partial charge in [0.25, 0.3) is 5.91 Å². The zero-order chi connectivity index (χ0) is 12.8. The van der Waals surface area contributed by atoms with Gasteiger partial charge in [0.2, 0.25) is 0 Å². The van der Waals surface area contributed by atoms with E-state index in [-0.39, 0.29) is 12.0 Å². The Morgan fingerprint density at radius 3 is 3.06 bits per heavy atom.